The highest BCUT2D eigenvalue weighted by atomic mass is 35.5. The molecule has 112 valence electrons. The predicted octanol–water partition coefficient (Wildman–Crippen LogP) is 3.55. The zero-order valence-corrected chi connectivity index (χ0v) is 13.7. The van der Waals surface area contributed by atoms with E-state index in [2.05, 4.69) is 5.92 Å². The summed E-state index contributed by atoms with van der Waals surface area (Å²) in [6.45, 7) is 5.95. The minimum Gasteiger partial charge on any atom is -0.481 e. The van der Waals surface area contributed by atoms with E-state index < -0.39 is 15.9 Å². The fraction of sp³-hybridized carbons (Fsp3) is 0.438. The van der Waals surface area contributed by atoms with Crippen LogP contribution in [0.1, 0.15) is 32.4 Å². The topological polar surface area (TPSA) is 29.5 Å². The van der Waals surface area contributed by atoms with Crippen molar-refractivity contribution < 1.29 is 9.53 Å². The van der Waals surface area contributed by atoms with Crippen molar-refractivity contribution in [2.75, 3.05) is 6.61 Å². The molecule has 5 heteroatoms. The second-order valence-corrected chi connectivity index (χ2v) is 7.29. The molecule has 1 fully saturated rings. The van der Waals surface area contributed by atoms with Crippen LogP contribution in [0.3, 0.4) is 0 Å². The van der Waals surface area contributed by atoms with Gasteiger partial charge in [-0.15, -0.1) is 6.42 Å². The maximum Gasteiger partial charge on any atom is 0.262 e. The standard InChI is InChI=1S/C16H17Cl2NO2/c1-5-10-21-12-9-7-6-8-11(12)13-16(17,18)14(20)19(13)15(2,3)4/h1,6-9,13H,10H2,2-4H3. The molecule has 0 radical (unpaired) electrons. The number of halogens is 2. The van der Waals surface area contributed by atoms with Gasteiger partial charge in [0, 0.05) is 11.1 Å². The van der Waals surface area contributed by atoms with Crippen LogP contribution in [0, 0.1) is 12.3 Å². The monoisotopic (exact) mass is 325 g/mol. The molecule has 0 aliphatic carbocycles. The number of amides is 1. The number of hydrogen-bond acceptors (Lipinski definition) is 2. The van der Waals surface area contributed by atoms with Gasteiger partial charge in [0.1, 0.15) is 18.4 Å². The van der Waals surface area contributed by atoms with Gasteiger partial charge in [-0.05, 0) is 26.8 Å². The van der Waals surface area contributed by atoms with E-state index in [1.165, 1.54) is 0 Å². The first-order valence-corrected chi connectivity index (χ1v) is 7.33. The Morgan fingerprint density at radius 2 is 2.00 bits per heavy atom. The molecule has 3 nitrogen and oxygen atoms in total. The van der Waals surface area contributed by atoms with Crippen molar-refractivity contribution in [3.63, 3.8) is 0 Å². The van der Waals surface area contributed by atoms with E-state index in [-0.39, 0.29) is 12.5 Å². The van der Waals surface area contributed by atoms with Crippen LogP contribution in [-0.4, -0.2) is 27.3 Å². The third-order valence-corrected chi connectivity index (χ3v) is 4.09. The minimum absolute atomic E-state index is 0.144. The van der Waals surface area contributed by atoms with Crippen LogP contribution in [-0.2, 0) is 4.79 Å². The first kappa shape index (κ1) is 16.0. The van der Waals surface area contributed by atoms with E-state index >= 15 is 0 Å². The molecule has 2 rings (SSSR count). The van der Waals surface area contributed by atoms with Crippen LogP contribution < -0.4 is 4.74 Å². The second kappa shape index (κ2) is 5.44. The van der Waals surface area contributed by atoms with Crippen molar-refractivity contribution in [2.24, 2.45) is 0 Å². The third-order valence-electron chi connectivity index (χ3n) is 3.35. The number of nitrogens with zero attached hydrogens (tertiary/aromatic N) is 1. The van der Waals surface area contributed by atoms with Crippen LogP contribution in [0.2, 0.25) is 0 Å². The molecular formula is C16H17Cl2NO2. The summed E-state index contributed by atoms with van der Waals surface area (Å²) in [7, 11) is 0. The first-order valence-electron chi connectivity index (χ1n) is 6.58. The summed E-state index contributed by atoms with van der Waals surface area (Å²) in [5.74, 6) is 2.71. The first-order chi connectivity index (χ1) is 9.71. The van der Waals surface area contributed by atoms with Gasteiger partial charge < -0.3 is 9.64 Å². The number of likely N-dealkylation sites (tertiary alicyclic amines) is 1. The molecule has 0 aromatic heterocycles. The summed E-state index contributed by atoms with van der Waals surface area (Å²) in [6.07, 6.45) is 5.23. The Labute approximate surface area is 135 Å². The van der Waals surface area contributed by atoms with Crippen molar-refractivity contribution in [2.45, 2.75) is 36.7 Å². The molecule has 1 atom stereocenters. The Morgan fingerprint density at radius 1 is 1.38 bits per heavy atom. The predicted molar refractivity (Wildman–Crippen MR) is 84.5 cm³/mol. The smallest absolute Gasteiger partial charge is 0.262 e. The molecular weight excluding hydrogens is 309 g/mol. The average molecular weight is 326 g/mol. The molecule has 0 bridgehead atoms. The van der Waals surface area contributed by atoms with E-state index in [1.807, 2.05) is 39.0 Å². The Bertz CT molecular complexity index is 599. The van der Waals surface area contributed by atoms with Crippen LogP contribution in [0.25, 0.3) is 0 Å². The Kier molecular flexibility index (Phi) is 4.15. The molecule has 0 N–H and O–H groups in total. The van der Waals surface area contributed by atoms with Gasteiger partial charge in [0.25, 0.3) is 5.91 Å². The van der Waals surface area contributed by atoms with Gasteiger partial charge in [0.2, 0.25) is 4.33 Å². The molecule has 1 unspecified atom stereocenters. The largest absolute Gasteiger partial charge is 0.481 e. The molecule has 1 aliphatic heterocycles. The average Bonchev–Trinajstić information content (AvgIpc) is 2.41. The van der Waals surface area contributed by atoms with E-state index in [1.54, 1.807) is 11.0 Å². The third kappa shape index (κ3) is 2.71. The molecule has 1 aromatic carbocycles. The Hall–Kier alpha value is -1.37. The number of ether oxygens (including phenoxy) is 1. The number of β-lactam (4-membered cyclic amide) rings is 1. The highest BCUT2D eigenvalue weighted by Gasteiger charge is 2.63. The zero-order chi connectivity index (χ0) is 15.8. The van der Waals surface area contributed by atoms with Gasteiger partial charge in [-0.25, -0.2) is 0 Å². The summed E-state index contributed by atoms with van der Waals surface area (Å²) >= 11 is 12.5. The van der Waals surface area contributed by atoms with Crippen LogP contribution in [0.15, 0.2) is 24.3 Å². The summed E-state index contributed by atoms with van der Waals surface area (Å²) in [5.41, 5.74) is 0.362. The van der Waals surface area contributed by atoms with Crippen LogP contribution in [0.4, 0.5) is 0 Å². The maximum absolute atomic E-state index is 12.2. The molecule has 21 heavy (non-hydrogen) atoms. The van der Waals surface area contributed by atoms with Gasteiger partial charge in [0.05, 0.1) is 0 Å². The summed E-state index contributed by atoms with van der Waals surface area (Å²) in [4.78, 5) is 13.9. The van der Waals surface area contributed by atoms with Crippen molar-refractivity contribution in [1.29, 1.82) is 0 Å². The van der Waals surface area contributed by atoms with Crippen LogP contribution in [0.5, 0.6) is 5.75 Å². The normalized spacial score (nSPS) is 20.7. The van der Waals surface area contributed by atoms with Crippen molar-refractivity contribution in [3.8, 4) is 18.1 Å². The number of para-hydroxylation sites is 1. The number of carbonyl (C=O) groups excluding carboxylic acids is 1. The quantitative estimate of drug-likeness (QED) is 0.483. The molecule has 1 aliphatic rings. The highest BCUT2D eigenvalue weighted by Crippen LogP contribution is 2.55. The van der Waals surface area contributed by atoms with E-state index in [0.717, 1.165) is 5.56 Å². The summed E-state index contributed by atoms with van der Waals surface area (Å²) < 4.78 is 4.06. The lowest BCUT2D eigenvalue weighted by molar-refractivity contribution is -0.156. The summed E-state index contributed by atoms with van der Waals surface area (Å²) in [5, 5.41) is 0. The van der Waals surface area contributed by atoms with E-state index in [0.29, 0.717) is 5.75 Å². The lowest BCUT2D eigenvalue weighted by Gasteiger charge is -2.55. The van der Waals surface area contributed by atoms with E-state index in [4.69, 9.17) is 34.4 Å². The molecule has 1 amide bonds. The lowest BCUT2D eigenvalue weighted by Crippen LogP contribution is -2.68. The second-order valence-electron chi connectivity index (χ2n) is 5.90. The van der Waals surface area contributed by atoms with Crippen LogP contribution >= 0.6 is 23.2 Å². The zero-order valence-electron chi connectivity index (χ0n) is 12.2. The SMILES string of the molecule is C#CCOc1ccccc1C1N(C(C)(C)C)C(=O)C1(Cl)Cl. The molecule has 0 spiro atoms. The highest BCUT2D eigenvalue weighted by molar-refractivity contribution is 6.60. The number of terminal acetylenes is 1. The van der Waals surface area contributed by atoms with Gasteiger partial charge in [0.15, 0.2) is 0 Å². The Balaban J connectivity index is 2.44. The van der Waals surface area contributed by atoms with Gasteiger partial charge >= 0.3 is 0 Å². The maximum atomic E-state index is 12.2. The number of benzene rings is 1. The van der Waals surface area contributed by atoms with Crippen molar-refractivity contribution in [1.82, 2.24) is 4.90 Å². The number of alkyl halides is 2. The fourth-order valence-electron chi connectivity index (χ4n) is 2.47. The molecule has 1 aromatic rings. The Morgan fingerprint density at radius 3 is 2.57 bits per heavy atom. The van der Waals surface area contributed by atoms with E-state index in [9.17, 15) is 4.79 Å². The molecule has 0 saturated carbocycles. The van der Waals surface area contributed by atoms with Crippen molar-refractivity contribution >= 4 is 29.1 Å². The fourth-order valence-corrected chi connectivity index (χ4v) is 3.09. The van der Waals surface area contributed by atoms with Gasteiger partial charge in [-0.3, -0.25) is 4.79 Å². The minimum atomic E-state index is -1.48. The van der Waals surface area contributed by atoms with Gasteiger partial charge in [-0.2, -0.15) is 0 Å². The number of carbonyl (C=O) groups is 1. The number of rotatable bonds is 3. The van der Waals surface area contributed by atoms with Crippen molar-refractivity contribution in [3.05, 3.63) is 29.8 Å². The number of hydrogen-bond donors (Lipinski definition) is 0. The summed E-state index contributed by atoms with van der Waals surface area (Å²) in [6, 6.07) is 6.86. The molecule has 1 saturated heterocycles. The van der Waals surface area contributed by atoms with Gasteiger partial charge in [-0.1, -0.05) is 47.3 Å². The molecule has 1 heterocycles. The lowest BCUT2D eigenvalue weighted by atomic mass is 9.86.